The van der Waals surface area contributed by atoms with Crippen LogP contribution < -0.4 is 5.32 Å². The molecular weight excluding hydrogens is 314 g/mol. The van der Waals surface area contributed by atoms with Gasteiger partial charge in [0.2, 0.25) is 10.0 Å². The minimum Gasteiger partial charge on any atom is -0.334 e. The van der Waals surface area contributed by atoms with Crippen molar-refractivity contribution in [1.29, 1.82) is 5.26 Å². The van der Waals surface area contributed by atoms with Crippen LogP contribution in [-0.4, -0.2) is 37.3 Å². The molecule has 1 aromatic rings. The molecule has 0 atom stereocenters. The average Bonchev–Trinajstić information content (AvgIpc) is 2.55. The predicted molar refractivity (Wildman–Crippen MR) is 86.2 cm³/mol. The quantitative estimate of drug-likeness (QED) is 0.910. The molecule has 1 N–H and O–H groups in total. The van der Waals surface area contributed by atoms with E-state index in [1.165, 1.54) is 28.6 Å². The molecular formula is C16H21N3O3S. The molecule has 7 heteroatoms. The highest BCUT2D eigenvalue weighted by Gasteiger charge is 2.26. The van der Waals surface area contributed by atoms with Gasteiger partial charge in [-0.05, 0) is 51.0 Å². The fraction of sp³-hybridized carbons (Fsp3) is 0.500. The van der Waals surface area contributed by atoms with Crippen LogP contribution in [0.3, 0.4) is 0 Å². The number of piperidine rings is 1. The van der Waals surface area contributed by atoms with Crippen molar-refractivity contribution < 1.29 is 13.2 Å². The maximum absolute atomic E-state index is 12.5. The molecule has 0 aromatic heterocycles. The molecule has 1 aromatic carbocycles. The van der Waals surface area contributed by atoms with Crippen molar-refractivity contribution >= 4 is 15.9 Å². The second-order valence-electron chi connectivity index (χ2n) is 6.18. The van der Waals surface area contributed by atoms with Crippen molar-refractivity contribution in [2.24, 2.45) is 0 Å². The first kappa shape index (κ1) is 17.4. The fourth-order valence-corrected chi connectivity index (χ4v) is 3.93. The largest absolute Gasteiger partial charge is 0.334 e. The highest BCUT2D eigenvalue weighted by Crippen LogP contribution is 2.21. The lowest BCUT2D eigenvalue weighted by Crippen LogP contribution is -2.42. The van der Waals surface area contributed by atoms with Gasteiger partial charge in [0.15, 0.2) is 0 Å². The third-order valence-corrected chi connectivity index (χ3v) is 5.69. The van der Waals surface area contributed by atoms with E-state index >= 15 is 0 Å². The lowest BCUT2D eigenvalue weighted by Gasteiger charge is -2.25. The molecule has 0 radical (unpaired) electrons. The predicted octanol–water partition coefficient (Wildman–Crippen LogP) is 1.89. The number of hydrogen-bond acceptors (Lipinski definition) is 4. The molecule has 0 spiro atoms. The summed E-state index contributed by atoms with van der Waals surface area (Å²) in [4.78, 5) is 12.3. The van der Waals surface area contributed by atoms with E-state index in [1.54, 1.807) is 13.8 Å². The summed E-state index contributed by atoms with van der Waals surface area (Å²) in [7, 11) is -3.50. The third-order valence-electron chi connectivity index (χ3n) is 3.77. The van der Waals surface area contributed by atoms with Crippen LogP contribution in [0.1, 0.15) is 43.5 Å². The molecule has 0 bridgehead atoms. The smallest absolute Gasteiger partial charge is 0.252 e. The van der Waals surface area contributed by atoms with Crippen LogP contribution in [0.5, 0.6) is 0 Å². The van der Waals surface area contributed by atoms with Gasteiger partial charge in [-0.1, -0.05) is 6.42 Å². The molecule has 1 heterocycles. The third kappa shape index (κ3) is 4.09. The summed E-state index contributed by atoms with van der Waals surface area (Å²) >= 11 is 0. The number of nitrogens with one attached hydrogen (secondary N) is 1. The van der Waals surface area contributed by atoms with Crippen LogP contribution in [0.25, 0.3) is 0 Å². The zero-order valence-corrected chi connectivity index (χ0v) is 14.2. The van der Waals surface area contributed by atoms with Gasteiger partial charge in [-0.2, -0.15) is 9.57 Å². The second kappa shape index (κ2) is 6.69. The van der Waals surface area contributed by atoms with Gasteiger partial charge in [-0.3, -0.25) is 4.79 Å². The zero-order chi connectivity index (χ0) is 17.1. The average molecular weight is 335 g/mol. The first-order valence-electron chi connectivity index (χ1n) is 7.60. The summed E-state index contributed by atoms with van der Waals surface area (Å²) in [6, 6.07) is 7.82. The number of carbonyl (C=O) groups excluding carboxylic acids is 1. The minimum atomic E-state index is -3.50. The van der Waals surface area contributed by atoms with Crippen LogP contribution in [0, 0.1) is 11.3 Å². The maximum Gasteiger partial charge on any atom is 0.252 e. The van der Waals surface area contributed by atoms with E-state index in [4.69, 9.17) is 5.26 Å². The second-order valence-corrected chi connectivity index (χ2v) is 8.12. The van der Waals surface area contributed by atoms with Crippen LogP contribution >= 0.6 is 0 Å². The van der Waals surface area contributed by atoms with Gasteiger partial charge in [0.05, 0.1) is 11.0 Å². The van der Waals surface area contributed by atoms with Gasteiger partial charge in [-0.15, -0.1) is 0 Å². The highest BCUT2D eigenvalue weighted by molar-refractivity contribution is 7.89. The molecule has 1 amide bonds. The van der Waals surface area contributed by atoms with Crippen molar-refractivity contribution in [2.45, 2.75) is 43.5 Å². The van der Waals surface area contributed by atoms with Crippen LogP contribution in [0.15, 0.2) is 29.2 Å². The van der Waals surface area contributed by atoms with Crippen LogP contribution in [-0.2, 0) is 10.0 Å². The molecule has 124 valence electrons. The van der Waals surface area contributed by atoms with Gasteiger partial charge in [0, 0.05) is 18.7 Å². The molecule has 23 heavy (non-hydrogen) atoms. The Morgan fingerprint density at radius 2 is 1.74 bits per heavy atom. The molecule has 1 fully saturated rings. The molecule has 0 aliphatic carbocycles. The van der Waals surface area contributed by atoms with Crippen molar-refractivity contribution in [3.8, 4) is 6.07 Å². The number of benzene rings is 1. The van der Waals surface area contributed by atoms with Crippen molar-refractivity contribution in [1.82, 2.24) is 9.62 Å². The Balaban J connectivity index is 2.16. The molecule has 0 saturated carbocycles. The Hall–Kier alpha value is -1.91. The van der Waals surface area contributed by atoms with E-state index in [1.807, 2.05) is 6.07 Å². The molecule has 2 rings (SSSR count). The number of nitrogens with zero attached hydrogens (tertiary/aromatic N) is 2. The van der Waals surface area contributed by atoms with E-state index in [9.17, 15) is 13.2 Å². The van der Waals surface area contributed by atoms with E-state index in [0.717, 1.165) is 19.3 Å². The number of nitriles is 1. The van der Waals surface area contributed by atoms with Gasteiger partial charge >= 0.3 is 0 Å². The maximum atomic E-state index is 12.5. The van der Waals surface area contributed by atoms with Gasteiger partial charge in [0.25, 0.3) is 5.91 Å². The molecule has 1 aliphatic rings. The lowest BCUT2D eigenvalue weighted by molar-refractivity contribution is 0.0929. The molecule has 6 nitrogen and oxygen atoms in total. The SMILES string of the molecule is CC(C)(C#N)NC(=O)c1ccc(S(=O)(=O)N2CCCCC2)cc1. The van der Waals surface area contributed by atoms with E-state index < -0.39 is 21.5 Å². The highest BCUT2D eigenvalue weighted by atomic mass is 32.2. The summed E-state index contributed by atoms with van der Waals surface area (Å²) in [6.07, 6.45) is 2.81. The molecule has 1 saturated heterocycles. The van der Waals surface area contributed by atoms with Gasteiger partial charge in [-0.25, -0.2) is 8.42 Å². The van der Waals surface area contributed by atoms with Crippen molar-refractivity contribution in [3.05, 3.63) is 29.8 Å². The number of amides is 1. The van der Waals surface area contributed by atoms with Crippen LogP contribution in [0.4, 0.5) is 0 Å². The van der Waals surface area contributed by atoms with Crippen LogP contribution in [0.2, 0.25) is 0 Å². The molecule has 0 unspecified atom stereocenters. The lowest BCUT2D eigenvalue weighted by atomic mass is 10.1. The number of carbonyl (C=O) groups is 1. The first-order chi connectivity index (χ1) is 10.8. The Morgan fingerprint density at radius 3 is 2.26 bits per heavy atom. The standard InChI is InChI=1S/C16H21N3O3S/c1-16(2,12-17)18-15(20)13-6-8-14(9-7-13)23(21,22)19-10-4-3-5-11-19/h6-9H,3-5,10-11H2,1-2H3,(H,18,20). The first-order valence-corrected chi connectivity index (χ1v) is 9.04. The Labute approximate surface area is 137 Å². The summed E-state index contributed by atoms with van der Waals surface area (Å²) in [5.41, 5.74) is -0.652. The van der Waals surface area contributed by atoms with Crippen molar-refractivity contribution in [3.63, 3.8) is 0 Å². The Bertz CT molecular complexity index is 712. The molecule has 1 aliphatic heterocycles. The van der Waals surface area contributed by atoms with E-state index in [-0.39, 0.29) is 4.90 Å². The van der Waals surface area contributed by atoms with Gasteiger partial charge in [0.1, 0.15) is 5.54 Å². The summed E-state index contributed by atoms with van der Waals surface area (Å²) in [6.45, 7) is 4.28. The van der Waals surface area contributed by atoms with E-state index in [2.05, 4.69) is 5.32 Å². The zero-order valence-electron chi connectivity index (χ0n) is 13.4. The number of rotatable bonds is 4. The fourth-order valence-electron chi connectivity index (χ4n) is 2.42. The van der Waals surface area contributed by atoms with Crippen molar-refractivity contribution in [2.75, 3.05) is 13.1 Å². The topological polar surface area (TPSA) is 90.3 Å². The Morgan fingerprint density at radius 1 is 1.17 bits per heavy atom. The minimum absolute atomic E-state index is 0.190. The van der Waals surface area contributed by atoms with Gasteiger partial charge < -0.3 is 5.32 Å². The summed E-state index contributed by atoms with van der Waals surface area (Å²) < 4.78 is 26.5. The van der Waals surface area contributed by atoms with E-state index in [0.29, 0.717) is 18.7 Å². The summed E-state index contributed by atoms with van der Waals surface area (Å²) in [5.74, 6) is -0.404. The number of sulfonamides is 1. The number of hydrogen-bond donors (Lipinski definition) is 1. The monoisotopic (exact) mass is 335 g/mol. The normalized spacial score (nSPS) is 16.6. The Kier molecular flexibility index (Phi) is 5.07. The summed E-state index contributed by atoms with van der Waals surface area (Å²) in [5, 5.41) is 11.5.